The second kappa shape index (κ2) is 5.89. The van der Waals surface area contributed by atoms with E-state index in [1.807, 2.05) is 30.7 Å². The molecule has 0 spiro atoms. The van der Waals surface area contributed by atoms with Gasteiger partial charge in [-0.1, -0.05) is 12.8 Å². The molecule has 0 unspecified atom stereocenters. The van der Waals surface area contributed by atoms with Crippen molar-refractivity contribution in [3.05, 3.63) is 22.4 Å². The molecule has 1 aromatic heterocycles. The molecular weight excluding hydrogens is 296 g/mol. The van der Waals surface area contributed by atoms with Crippen molar-refractivity contribution < 1.29 is 9.63 Å². The Morgan fingerprint density at radius 1 is 1.50 bits per heavy atom. The molecule has 0 atom stereocenters. The highest BCUT2D eigenvalue weighted by Crippen LogP contribution is 2.21. The first kappa shape index (κ1) is 13.6. The van der Waals surface area contributed by atoms with Crippen LogP contribution in [0.4, 0.5) is 0 Å². The van der Waals surface area contributed by atoms with Crippen molar-refractivity contribution in [1.29, 1.82) is 0 Å². The summed E-state index contributed by atoms with van der Waals surface area (Å²) in [5, 5.41) is 0. The number of halogens is 1. The Morgan fingerprint density at radius 3 is 2.78 bits per heavy atom. The topological polar surface area (TPSA) is 43.3 Å². The molecule has 100 valence electrons. The van der Waals surface area contributed by atoms with E-state index in [0.29, 0.717) is 5.69 Å². The summed E-state index contributed by atoms with van der Waals surface area (Å²) in [5.74, 6) is -0.179. The fourth-order valence-electron chi connectivity index (χ4n) is 2.25. The van der Waals surface area contributed by atoms with Crippen LogP contribution in [0.5, 0.6) is 0 Å². The van der Waals surface area contributed by atoms with Crippen LogP contribution >= 0.6 is 15.9 Å². The van der Waals surface area contributed by atoms with Crippen LogP contribution in [-0.2, 0) is 4.84 Å². The lowest BCUT2D eigenvalue weighted by Gasteiger charge is -2.14. The molecular formula is C13H19BrN2O2. The van der Waals surface area contributed by atoms with Gasteiger partial charge < -0.3 is 4.57 Å². The Bertz CT molecular complexity index is 423. The van der Waals surface area contributed by atoms with Crippen LogP contribution in [0.3, 0.4) is 0 Å². The molecule has 0 saturated heterocycles. The smallest absolute Gasteiger partial charge is 0.291 e. The molecule has 0 aliphatic heterocycles. The summed E-state index contributed by atoms with van der Waals surface area (Å²) in [6.07, 6.45) is 6.54. The summed E-state index contributed by atoms with van der Waals surface area (Å²) in [4.78, 5) is 17.5. The van der Waals surface area contributed by atoms with Gasteiger partial charge in [0.15, 0.2) is 0 Å². The van der Waals surface area contributed by atoms with Crippen molar-refractivity contribution in [1.82, 2.24) is 10.0 Å². The van der Waals surface area contributed by atoms with Gasteiger partial charge in [-0.2, -0.15) is 0 Å². The SMILES string of the molecule is CC(C)n1cc(Br)cc1C(=O)NOC1CCCC1. The quantitative estimate of drug-likeness (QED) is 0.865. The van der Waals surface area contributed by atoms with Crippen LogP contribution in [0.25, 0.3) is 0 Å². The first-order valence-electron chi connectivity index (χ1n) is 6.41. The van der Waals surface area contributed by atoms with E-state index >= 15 is 0 Å². The molecule has 1 heterocycles. The molecule has 1 amide bonds. The normalized spacial score (nSPS) is 16.4. The highest BCUT2D eigenvalue weighted by Gasteiger charge is 2.19. The molecule has 1 N–H and O–H groups in total. The van der Waals surface area contributed by atoms with Crippen LogP contribution in [-0.4, -0.2) is 16.6 Å². The monoisotopic (exact) mass is 314 g/mol. The van der Waals surface area contributed by atoms with Gasteiger partial charge in [0.25, 0.3) is 5.91 Å². The van der Waals surface area contributed by atoms with Gasteiger partial charge in [-0.25, -0.2) is 5.48 Å². The van der Waals surface area contributed by atoms with Crippen molar-refractivity contribution in [3.8, 4) is 0 Å². The molecule has 0 bridgehead atoms. The van der Waals surface area contributed by atoms with Gasteiger partial charge in [-0.3, -0.25) is 9.63 Å². The highest BCUT2D eigenvalue weighted by atomic mass is 79.9. The van der Waals surface area contributed by atoms with Gasteiger partial charge in [-0.15, -0.1) is 0 Å². The number of nitrogens with zero attached hydrogens (tertiary/aromatic N) is 1. The first-order chi connectivity index (χ1) is 8.58. The number of carbonyl (C=O) groups excluding carboxylic acids is 1. The van der Waals surface area contributed by atoms with Crippen LogP contribution < -0.4 is 5.48 Å². The van der Waals surface area contributed by atoms with Crippen LogP contribution in [0.15, 0.2) is 16.7 Å². The van der Waals surface area contributed by atoms with Crippen LogP contribution in [0, 0.1) is 0 Å². The number of hydrogen-bond donors (Lipinski definition) is 1. The zero-order chi connectivity index (χ0) is 13.1. The molecule has 1 aromatic rings. The molecule has 1 saturated carbocycles. The molecule has 1 aliphatic rings. The van der Waals surface area contributed by atoms with Gasteiger partial charge in [0.1, 0.15) is 5.69 Å². The Kier molecular flexibility index (Phi) is 4.45. The van der Waals surface area contributed by atoms with Gasteiger partial charge in [0.05, 0.1) is 6.10 Å². The molecule has 1 aliphatic carbocycles. The molecule has 1 fully saturated rings. The first-order valence-corrected chi connectivity index (χ1v) is 7.20. The zero-order valence-corrected chi connectivity index (χ0v) is 12.4. The summed E-state index contributed by atoms with van der Waals surface area (Å²) in [6.45, 7) is 4.09. The van der Waals surface area contributed by atoms with Crippen LogP contribution in [0.2, 0.25) is 0 Å². The van der Waals surface area contributed by atoms with Crippen molar-refractivity contribution >= 4 is 21.8 Å². The van der Waals surface area contributed by atoms with E-state index in [1.165, 1.54) is 12.8 Å². The summed E-state index contributed by atoms with van der Waals surface area (Å²) in [6, 6.07) is 2.05. The van der Waals surface area contributed by atoms with E-state index in [0.717, 1.165) is 17.3 Å². The largest absolute Gasteiger partial charge is 0.340 e. The Morgan fingerprint density at radius 2 is 2.17 bits per heavy atom. The van der Waals surface area contributed by atoms with Crippen molar-refractivity contribution in [2.45, 2.75) is 51.7 Å². The maximum absolute atomic E-state index is 12.1. The Balaban J connectivity index is 1.99. The predicted molar refractivity (Wildman–Crippen MR) is 73.3 cm³/mol. The van der Waals surface area contributed by atoms with E-state index in [4.69, 9.17) is 4.84 Å². The molecule has 4 nitrogen and oxygen atoms in total. The fourth-order valence-corrected chi connectivity index (χ4v) is 2.69. The number of hydroxylamine groups is 1. The lowest BCUT2D eigenvalue weighted by Crippen LogP contribution is -2.30. The molecule has 0 radical (unpaired) electrons. The van der Waals surface area contributed by atoms with E-state index in [9.17, 15) is 4.79 Å². The number of amides is 1. The molecule has 0 aromatic carbocycles. The number of carbonyl (C=O) groups is 1. The number of aromatic nitrogens is 1. The Hall–Kier alpha value is -0.810. The lowest BCUT2D eigenvalue weighted by atomic mass is 10.3. The molecule has 5 heteroatoms. The van der Waals surface area contributed by atoms with E-state index in [-0.39, 0.29) is 18.1 Å². The van der Waals surface area contributed by atoms with Crippen molar-refractivity contribution in [2.24, 2.45) is 0 Å². The van der Waals surface area contributed by atoms with Crippen molar-refractivity contribution in [3.63, 3.8) is 0 Å². The third kappa shape index (κ3) is 3.14. The summed E-state index contributed by atoms with van der Waals surface area (Å²) in [7, 11) is 0. The average molecular weight is 315 g/mol. The second-order valence-corrected chi connectivity index (χ2v) is 5.92. The number of hydrogen-bond acceptors (Lipinski definition) is 2. The minimum atomic E-state index is -0.179. The summed E-state index contributed by atoms with van der Waals surface area (Å²) >= 11 is 3.40. The van der Waals surface area contributed by atoms with Gasteiger partial charge in [-0.05, 0) is 48.7 Å². The highest BCUT2D eigenvalue weighted by molar-refractivity contribution is 9.10. The number of rotatable bonds is 4. The minimum absolute atomic E-state index is 0.179. The fraction of sp³-hybridized carbons (Fsp3) is 0.615. The van der Waals surface area contributed by atoms with Crippen molar-refractivity contribution in [2.75, 3.05) is 0 Å². The second-order valence-electron chi connectivity index (χ2n) is 5.00. The Labute approximate surface area is 116 Å². The van der Waals surface area contributed by atoms with Gasteiger partial charge in [0.2, 0.25) is 0 Å². The standard InChI is InChI=1S/C13H19BrN2O2/c1-9(2)16-8-10(14)7-12(16)13(17)15-18-11-5-3-4-6-11/h7-9,11H,3-6H2,1-2H3,(H,15,17). The minimum Gasteiger partial charge on any atom is -0.340 e. The summed E-state index contributed by atoms with van der Waals surface area (Å²) in [5.41, 5.74) is 3.19. The third-order valence-electron chi connectivity index (χ3n) is 3.22. The van der Waals surface area contributed by atoms with Gasteiger partial charge >= 0.3 is 0 Å². The summed E-state index contributed by atoms with van der Waals surface area (Å²) < 4.78 is 2.83. The van der Waals surface area contributed by atoms with E-state index < -0.39 is 0 Å². The number of nitrogens with one attached hydrogen (secondary N) is 1. The van der Waals surface area contributed by atoms with E-state index in [2.05, 4.69) is 21.4 Å². The third-order valence-corrected chi connectivity index (χ3v) is 3.66. The van der Waals surface area contributed by atoms with Gasteiger partial charge in [0, 0.05) is 16.7 Å². The van der Waals surface area contributed by atoms with Crippen LogP contribution in [0.1, 0.15) is 56.1 Å². The van der Waals surface area contributed by atoms with E-state index in [1.54, 1.807) is 0 Å². The maximum Gasteiger partial charge on any atom is 0.291 e. The lowest BCUT2D eigenvalue weighted by molar-refractivity contribution is -0.0130. The molecule has 18 heavy (non-hydrogen) atoms. The molecule has 2 rings (SSSR count). The zero-order valence-electron chi connectivity index (χ0n) is 10.8. The predicted octanol–water partition coefficient (Wildman–Crippen LogP) is 3.44. The maximum atomic E-state index is 12.1. The average Bonchev–Trinajstić information content (AvgIpc) is 2.94.